The summed E-state index contributed by atoms with van der Waals surface area (Å²) in [6, 6.07) is 21.2. The summed E-state index contributed by atoms with van der Waals surface area (Å²) in [6.45, 7) is 11.1. The van der Waals surface area contributed by atoms with Crippen molar-refractivity contribution >= 4 is 24.7 Å². The van der Waals surface area contributed by atoms with Crippen LogP contribution in [0.3, 0.4) is 0 Å². The fourth-order valence-corrected chi connectivity index (χ4v) is 8.30. The van der Waals surface area contributed by atoms with Crippen molar-refractivity contribution in [3.63, 3.8) is 0 Å². The molecule has 2 rings (SSSR count). The average molecular weight is 397 g/mol. The SMILES string of the molecule is CCOC(=O)/C=C/C[C@H](C)O[Si](c1ccccc1)(c1ccccc1)C(C)(C)C. The van der Waals surface area contributed by atoms with Gasteiger partial charge >= 0.3 is 5.97 Å². The maximum atomic E-state index is 11.6. The van der Waals surface area contributed by atoms with Crippen molar-refractivity contribution in [3.05, 3.63) is 72.8 Å². The van der Waals surface area contributed by atoms with Crippen molar-refractivity contribution in [2.75, 3.05) is 6.61 Å². The van der Waals surface area contributed by atoms with Crippen LogP contribution in [0, 0.1) is 0 Å². The highest BCUT2D eigenvalue weighted by atomic mass is 28.4. The van der Waals surface area contributed by atoms with Crippen molar-refractivity contribution in [1.29, 1.82) is 0 Å². The van der Waals surface area contributed by atoms with E-state index in [9.17, 15) is 4.79 Å². The van der Waals surface area contributed by atoms with E-state index in [1.54, 1.807) is 6.92 Å². The molecular formula is C24H32O3Si. The third-order valence-corrected chi connectivity index (χ3v) is 9.96. The molecule has 0 radical (unpaired) electrons. The van der Waals surface area contributed by atoms with Crippen LogP contribution >= 0.6 is 0 Å². The van der Waals surface area contributed by atoms with Gasteiger partial charge in [-0.2, -0.15) is 0 Å². The van der Waals surface area contributed by atoms with E-state index < -0.39 is 8.32 Å². The summed E-state index contributed by atoms with van der Waals surface area (Å²) in [5.41, 5.74) is 0. The fraction of sp³-hybridized carbons (Fsp3) is 0.375. The monoisotopic (exact) mass is 396 g/mol. The Balaban J connectivity index is 2.40. The molecule has 1 atom stereocenters. The molecule has 150 valence electrons. The minimum Gasteiger partial charge on any atom is -0.463 e. The zero-order chi connectivity index (χ0) is 20.6. The highest BCUT2D eigenvalue weighted by Gasteiger charge is 2.50. The van der Waals surface area contributed by atoms with Gasteiger partial charge in [0.15, 0.2) is 0 Å². The Kier molecular flexibility index (Phi) is 7.78. The molecule has 0 aliphatic carbocycles. The van der Waals surface area contributed by atoms with Crippen LogP contribution < -0.4 is 10.4 Å². The van der Waals surface area contributed by atoms with Gasteiger partial charge in [-0.05, 0) is 35.7 Å². The lowest BCUT2D eigenvalue weighted by Crippen LogP contribution is -2.67. The third-order valence-electron chi connectivity index (χ3n) is 4.80. The Morgan fingerprint density at radius 1 is 1.00 bits per heavy atom. The molecule has 2 aromatic carbocycles. The molecule has 2 aromatic rings. The van der Waals surface area contributed by atoms with E-state index in [4.69, 9.17) is 9.16 Å². The molecule has 0 aliphatic rings. The number of ether oxygens (including phenoxy) is 1. The smallest absolute Gasteiger partial charge is 0.330 e. The summed E-state index contributed by atoms with van der Waals surface area (Å²) in [5, 5.41) is 2.46. The van der Waals surface area contributed by atoms with Gasteiger partial charge < -0.3 is 9.16 Å². The molecule has 0 amide bonds. The predicted octanol–water partition coefficient (Wildman–Crippen LogP) is 4.46. The van der Waals surface area contributed by atoms with Crippen LogP contribution in [-0.2, 0) is 14.0 Å². The number of rotatable bonds is 8. The molecule has 0 saturated carbocycles. The second kappa shape index (κ2) is 9.85. The van der Waals surface area contributed by atoms with Crippen molar-refractivity contribution in [3.8, 4) is 0 Å². The zero-order valence-electron chi connectivity index (χ0n) is 17.6. The summed E-state index contributed by atoms with van der Waals surface area (Å²) >= 11 is 0. The fourth-order valence-electron chi connectivity index (χ4n) is 3.59. The Morgan fingerprint density at radius 2 is 1.50 bits per heavy atom. The first-order chi connectivity index (χ1) is 13.3. The third kappa shape index (κ3) is 5.21. The van der Waals surface area contributed by atoms with E-state index in [1.165, 1.54) is 16.4 Å². The molecule has 0 spiro atoms. The normalized spacial score (nSPS) is 13.5. The van der Waals surface area contributed by atoms with Crippen molar-refractivity contribution in [2.45, 2.75) is 52.2 Å². The second-order valence-electron chi connectivity index (χ2n) is 7.98. The van der Waals surface area contributed by atoms with Gasteiger partial charge in [-0.15, -0.1) is 0 Å². The lowest BCUT2D eigenvalue weighted by Gasteiger charge is -2.44. The maximum absolute atomic E-state index is 11.6. The first-order valence-corrected chi connectivity index (χ1v) is 11.8. The molecule has 0 aromatic heterocycles. The summed E-state index contributed by atoms with van der Waals surface area (Å²) in [4.78, 5) is 11.6. The van der Waals surface area contributed by atoms with E-state index >= 15 is 0 Å². The van der Waals surface area contributed by atoms with E-state index in [-0.39, 0.29) is 17.1 Å². The molecular weight excluding hydrogens is 364 g/mol. The summed E-state index contributed by atoms with van der Waals surface area (Å²) in [7, 11) is -2.55. The van der Waals surface area contributed by atoms with Gasteiger partial charge in [0.2, 0.25) is 0 Å². The Bertz CT molecular complexity index is 724. The lowest BCUT2D eigenvalue weighted by atomic mass is 10.2. The van der Waals surface area contributed by atoms with E-state index in [0.717, 1.165) is 0 Å². The molecule has 0 N–H and O–H groups in total. The summed E-state index contributed by atoms with van der Waals surface area (Å²) in [6.07, 6.45) is 3.97. The molecule has 0 unspecified atom stereocenters. The maximum Gasteiger partial charge on any atom is 0.330 e. The molecule has 0 saturated heterocycles. The zero-order valence-corrected chi connectivity index (χ0v) is 18.6. The highest BCUT2D eigenvalue weighted by molar-refractivity contribution is 6.99. The van der Waals surface area contributed by atoms with Crippen LogP contribution in [0.25, 0.3) is 0 Å². The quantitative estimate of drug-likeness (QED) is 0.375. The number of benzene rings is 2. The molecule has 0 heterocycles. The van der Waals surface area contributed by atoms with Crippen LogP contribution in [0.1, 0.15) is 41.0 Å². The Morgan fingerprint density at radius 3 is 1.93 bits per heavy atom. The van der Waals surface area contributed by atoms with Crippen LogP contribution in [0.5, 0.6) is 0 Å². The summed E-state index contributed by atoms with van der Waals surface area (Å²) in [5.74, 6) is -0.305. The molecule has 0 bridgehead atoms. The lowest BCUT2D eigenvalue weighted by molar-refractivity contribution is -0.137. The topological polar surface area (TPSA) is 35.5 Å². The number of hydrogen-bond donors (Lipinski definition) is 0. The number of hydrogen-bond acceptors (Lipinski definition) is 3. The first-order valence-electron chi connectivity index (χ1n) is 9.93. The Hall–Kier alpha value is -2.17. The number of carbonyl (C=O) groups is 1. The van der Waals surface area contributed by atoms with Gasteiger partial charge in [-0.1, -0.05) is 87.5 Å². The molecule has 4 heteroatoms. The van der Waals surface area contributed by atoms with Crippen LogP contribution in [-0.4, -0.2) is 27.0 Å². The van der Waals surface area contributed by atoms with Crippen LogP contribution in [0.15, 0.2) is 72.8 Å². The van der Waals surface area contributed by atoms with E-state index in [2.05, 4.69) is 76.2 Å². The largest absolute Gasteiger partial charge is 0.463 e. The predicted molar refractivity (Wildman–Crippen MR) is 119 cm³/mol. The standard InChI is InChI=1S/C24H32O3Si/c1-6-26-23(25)19-13-14-20(2)27-28(24(3,4)5,21-15-9-7-10-16-21)22-17-11-8-12-18-22/h7-13,15-20H,6,14H2,1-5H3/b19-13+/t20-/m0/s1. The Labute approximate surface area is 170 Å². The van der Waals surface area contributed by atoms with Crippen LogP contribution in [0.2, 0.25) is 5.04 Å². The van der Waals surface area contributed by atoms with Crippen molar-refractivity contribution in [1.82, 2.24) is 0 Å². The molecule has 0 fully saturated rings. The summed E-state index contributed by atoms with van der Waals surface area (Å²) < 4.78 is 11.9. The van der Waals surface area contributed by atoms with Gasteiger partial charge in [-0.3, -0.25) is 0 Å². The van der Waals surface area contributed by atoms with Crippen LogP contribution in [0.4, 0.5) is 0 Å². The van der Waals surface area contributed by atoms with Gasteiger partial charge in [-0.25, -0.2) is 4.79 Å². The van der Waals surface area contributed by atoms with Gasteiger partial charge in [0.1, 0.15) is 0 Å². The highest BCUT2D eigenvalue weighted by Crippen LogP contribution is 2.37. The van der Waals surface area contributed by atoms with Gasteiger partial charge in [0, 0.05) is 12.2 Å². The minimum absolute atomic E-state index is 0.0306. The number of carbonyl (C=O) groups excluding carboxylic acids is 1. The number of esters is 1. The van der Waals surface area contributed by atoms with E-state index in [0.29, 0.717) is 13.0 Å². The van der Waals surface area contributed by atoms with Gasteiger partial charge in [0.05, 0.1) is 6.61 Å². The average Bonchev–Trinajstić information content (AvgIpc) is 2.67. The molecule has 0 aliphatic heterocycles. The second-order valence-corrected chi connectivity index (χ2v) is 12.2. The van der Waals surface area contributed by atoms with Crippen molar-refractivity contribution < 1.29 is 14.0 Å². The molecule has 28 heavy (non-hydrogen) atoms. The van der Waals surface area contributed by atoms with Gasteiger partial charge in [0.25, 0.3) is 8.32 Å². The minimum atomic E-state index is -2.55. The van der Waals surface area contributed by atoms with Crippen molar-refractivity contribution in [2.24, 2.45) is 0 Å². The first kappa shape index (κ1) is 22.1. The molecule has 3 nitrogen and oxygen atoms in total. The van der Waals surface area contributed by atoms with E-state index in [1.807, 2.05) is 18.2 Å².